The highest BCUT2D eigenvalue weighted by atomic mass is 16.5. The van der Waals surface area contributed by atoms with Crippen LogP contribution in [0.15, 0.2) is 6.20 Å². The van der Waals surface area contributed by atoms with E-state index in [2.05, 4.69) is 29.1 Å². The number of aromatic amines is 1. The molecular weight excluding hydrogens is 250 g/mol. The van der Waals surface area contributed by atoms with Crippen molar-refractivity contribution in [2.45, 2.75) is 70.6 Å². The van der Waals surface area contributed by atoms with Crippen LogP contribution in [0, 0.1) is 5.92 Å². The Morgan fingerprint density at radius 2 is 2.10 bits per heavy atom. The van der Waals surface area contributed by atoms with E-state index in [1.54, 1.807) is 0 Å². The van der Waals surface area contributed by atoms with Crippen molar-refractivity contribution in [1.29, 1.82) is 0 Å². The lowest BCUT2D eigenvalue weighted by Gasteiger charge is -2.37. The summed E-state index contributed by atoms with van der Waals surface area (Å²) in [6, 6.07) is 0.734. The fraction of sp³-hybridized carbons (Fsp3) is 0.812. The van der Waals surface area contributed by atoms with Gasteiger partial charge in [0.2, 0.25) is 0 Å². The molecule has 2 fully saturated rings. The lowest BCUT2D eigenvalue weighted by molar-refractivity contribution is -0.0832. The molecule has 4 heteroatoms. The molecule has 0 radical (unpaired) electrons. The van der Waals surface area contributed by atoms with E-state index in [4.69, 9.17) is 4.74 Å². The molecule has 1 aromatic rings. The molecule has 2 aliphatic rings. The van der Waals surface area contributed by atoms with E-state index >= 15 is 0 Å². The zero-order valence-corrected chi connectivity index (χ0v) is 12.7. The van der Waals surface area contributed by atoms with Crippen LogP contribution in [0.1, 0.15) is 63.9 Å². The van der Waals surface area contributed by atoms with Crippen molar-refractivity contribution in [3.63, 3.8) is 0 Å². The predicted molar refractivity (Wildman–Crippen MR) is 79.4 cm³/mol. The maximum absolute atomic E-state index is 6.14. The van der Waals surface area contributed by atoms with Crippen molar-refractivity contribution in [3.8, 4) is 0 Å². The van der Waals surface area contributed by atoms with Crippen LogP contribution < -0.4 is 5.32 Å². The number of ether oxygens (including phenoxy) is 1. The average molecular weight is 277 g/mol. The molecule has 0 saturated heterocycles. The van der Waals surface area contributed by atoms with Gasteiger partial charge in [0.25, 0.3) is 0 Å². The molecule has 4 nitrogen and oxygen atoms in total. The summed E-state index contributed by atoms with van der Waals surface area (Å²) >= 11 is 0. The summed E-state index contributed by atoms with van der Waals surface area (Å²) in [5, 5.41) is 3.53. The quantitative estimate of drug-likeness (QED) is 0.840. The minimum absolute atomic E-state index is 0.168. The van der Waals surface area contributed by atoms with E-state index < -0.39 is 0 Å². The van der Waals surface area contributed by atoms with E-state index in [1.165, 1.54) is 31.4 Å². The second-order valence-electron chi connectivity index (χ2n) is 6.52. The van der Waals surface area contributed by atoms with E-state index in [1.807, 2.05) is 6.20 Å². The van der Waals surface area contributed by atoms with Crippen LogP contribution in [0.5, 0.6) is 0 Å². The fourth-order valence-corrected chi connectivity index (χ4v) is 3.18. The van der Waals surface area contributed by atoms with Gasteiger partial charge in [-0.25, -0.2) is 4.98 Å². The average Bonchev–Trinajstić information content (AvgIpc) is 3.16. The second-order valence-corrected chi connectivity index (χ2v) is 6.52. The Hall–Kier alpha value is -0.870. The lowest BCUT2D eigenvalue weighted by atomic mass is 9.79. The topological polar surface area (TPSA) is 49.9 Å². The van der Waals surface area contributed by atoms with Crippen molar-refractivity contribution in [2.24, 2.45) is 5.92 Å². The van der Waals surface area contributed by atoms with Gasteiger partial charge in [0.05, 0.1) is 0 Å². The van der Waals surface area contributed by atoms with Crippen molar-refractivity contribution in [1.82, 2.24) is 15.3 Å². The summed E-state index contributed by atoms with van der Waals surface area (Å²) < 4.78 is 6.14. The molecule has 0 amide bonds. The molecule has 0 bridgehead atoms. The minimum Gasteiger partial charge on any atom is -0.367 e. The van der Waals surface area contributed by atoms with Gasteiger partial charge in [-0.2, -0.15) is 0 Å². The van der Waals surface area contributed by atoms with Crippen LogP contribution in [0.25, 0.3) is 0 Å². The molecule has 0 unspecified atom stereocenters. The second kappa shape index (κ2) is 5.86. The lowest BCUT2D eigenvalue weighted by Crippen LogP contribution is -2.35. The minimum atomic E-state index is -0.168. The zero-order valence-electron chi connectivity index (χ0n) is 12.7. The number of hydrogen-bond acceptors (Lipinski definition) is 3. The normalized spacial score (nSPS) is 30.6. The Kier molecular flexibility index (Phi) is 4.13. The molecule has 0 aromatic carbocycles. The van der Waals surface area contributed by atoms with E-state index in [0.29, 0.717) is 0 Å². The first-order chi connectivity index (χ1) is 9.72. The Morgan fingerprint density at radius 3 is 2.75 bits per heavy atom. The third-order valence-corrected chi connectivity index (χ3v) is 4.72. The highest BCUT2D eigenvalue weighted by Crippen LogP contribution is 2.41. The number of H-pyrrole nitrogens is 1. The highest BCUT2D eigenvalue weighted by Gasteiger charge is 2.39. The number of nitrogens with zero attached hydrogens (tertiary/aromatic N) is 1. The van der Waals surface area contributed by atoms with Gasteiger partial charge in [-0.3, -0.25) is 0 Å². The highest BCUT2D eigenvalue weighted by molar-refractivity contribution is 5.11. The number of hydrogen-bond donors (Lipinski definition) is 2. The van der Waals surface area contributed by atoms with Crippen LogP contribution in [-0.4, -0.2) is 22.6 Å². The Bertz CT molecular complexity index is 431. The number of nitrogens with one attached hydrogen (secondary N) is 2. The third kappa shape index (κ3) is 3.07. The molecule has 2 aliphatic carbocycles. The number of aromatic nitrogens is 2. The predicted octanol–water partition coefficient (Wildman–Crippen LogP) is 3.10. The van der Waals surface area contributed by atoms with Crippen LogP contribution >= 0.6 is 0 Å². The molecule has 2 N–H and O–H groups in total. The summed E-state index contributed by atoms with van der Waals surface area (Å²) in [4.78, 5) is 8.14. The summed E-state index contributed by atoms with van der Waals surface area (Å²) in [6.07, 6.45) is 9.26. The largest absolute Gasteiger partial charge is 0.367 e. The van der Waals surface area contributed by atoms with Crippen molar-refractivity contribution in [3.05, 3.63) is 17.7 Å². The summed E-state index contributed by atoms with van der Waals surface area (Å²) in [5.74, 6) is 1.85. The molecule has 1 heterocycles. The third-order valence-electron chi connectivity index (χ3n) is 4.72. The van der Waals surface area contributed by atoms with Gasteiger partial charge in [0, 0.05) is 31.1 Å². The Labute approximate surface area is 121 Å². The van der Waals surface area contributed by atoms with E-state index in [-0.39, 0.29) is 5.60 Å². The first-order valence-electron chi connectivity index (χ1n) is 8.13. The number of imidazole rings is 1. The van der Waals surface area contributed by atoms with Gasteiger partial charge in [-0.05, 0) is 51.4 Å². The van der Waals surface area contributed by atoms with Gasteiger partial charge in [-0.15, -0.1) is 0 Å². The van der Waals surface area contributed by atoms with Crippen LogP contribution in [0.3, 0.4) is 0 Å². The van der Waals surface area contributed by atoms with Gasteiger partial charge in [0.15, 0.2) is 0 Å². The van der Waals surface area contributed by atoms with Crippen molar-refractivity contribution >= 4 is 0 Å². The van der Waals surface area contributed by atoms with Gasteiger partial charge < -0.3 is 15.0 Å². The molecular formula is C16H27N3O. The van der Waals surface area contributed by atoms with Crippen LogP contribution in [-0.2, 0) is 16.9 Å². The van der Waals surface area contributed by atoms with Gasteiger partial charge in [-0.1, -0.05) is 6.92 Å². The summed E-state index contributed by atoms with van der Waals surface area (Å²) in [6.45, 7) is 6.07. The standard InChI is InChI=1S/C16H27N3O/c1-3-20-16(8-6-12(2)7-9-16)15-18-11-14(19-15)10-17-13-4-5-13/h11-13,17H,3-10H2,1-2H3,(H,18,19). The molecule has 112 valence electrons. The SMILES string of the molecule is CCOC1(c2ncc(CNC3CC3)[nH]2)CCC(C)CC1. The van der Waals surface area contributed by atoms with Crippen LogP contribution in [0.2, 0.25) is 0 Å². The van der Waals surface area contributed by atoms with Gasteiger partial charge >= 0.3 is 0 Å². The van der Waals surface area contributed by atoms with E-state index in [0.717, 1.165) is 43.8 Å². The summed E-state index contributed by atoms with van der Waals surface area (Å²) in [5.41, 5.74) is 1.02. The maximum atomic E-state index is 6.14. The van der Waals surface area contributed by atoms with Gasteiger partial charge in [0.1, 0.15) is 11.4 Å². The fourth-order valence-electron chi connectivity index (χ4n) is 3.18. The Morgan fingerprint density at radius 1 is 1.35 bits per heavy atom. The molecule has 2 saturated carbocycles. The van der Waals surface area contributed by atoms with Crippen LogP contribution in [0.4, 0.5) is 0 Å². The maximum Gasteiger partial charge on any atom is 0.138 e. The first kappa shape index (κ1) is 14.1. The molecule has 0 aliphatic heterocycles. The zero-order chi connectivity index (χ0) is 14.0. The molecule has 20 heavy (non-hydrogen) atoms. The first-order valence-corrected chi connectivity index (χ1v) is 8.13. The van der Waals surface area contributed by atoms with Crippen molar-refractivity contribution in [2.75, 3.05) is 6.61 Å². The Balaban J connectivity index is 1.69. The molecule has 0 spiro atoms. The van der Waals surface area contributed by atoms with E-state index in [9.17, 15) is 0 Å². The molecule has 3 rings (SSSR count). The molecule has 0 atom stereocenters. The molecule has 1 aromatic heterocycles. The smallest absolute Gasteiger partial charge is 0.138 e. The van der Waals surface area contributed by atoms with Crippen molar-refractivity contribution < 1.29 is 4.74 Å². The summed E-state index contributed by atoms with van der Waals surface area (Å²) in [7, 11) is 0. The number of rotatable bonds is 6. The monoisotopic (exact) mass is 277 g/mol.